The van der Waals surface area contributed by atoms with Gasteiger partial charge in [0.1, 0.15) is 5.82 Å². The molecule has 3 heterocycles. The Morgan fingerprint density at radius 3 is 2.77 bits per heavy atom. The van der Waals surface area contributed by atoms with Gasteiger partial charge in [-0.3, -0.25) is 9.98 Å². The van der Waals surface area contributed by atoms with Gasteiger partial charge in [-0.15, -0.1) is 0 Å². The van der Waals surface area contributed by atoms with Crippen molar-refractivity contribution in [2.24, 2.45) is 10.7 Å². The van der Waals surface area contributed by atoms with Crippen molar-refractivity contribution in [1.29, 1.82) is 0 Å². The first-order valence-electron chi connectivity index (χ1n) is 9.43. The summed E-state index contributed by atoms with van der Waals surface area (Å²) in [4.78, 5) is 17.4. The monoisotopic (exact) mass is 397 g/mol. The Labute approximate surface area is 173 Å². The van der Waals surface area contributed by atoms with Gasteiger partial charge >= 0.3 is 0 Å². The third-order valence-electron chi connectivity index (χ3n) is 4.81. The van der Waals surface area contributed by atoms with Crippen LogP contribution in [0.4, 0.5) is 4.39 Å². The fourth-order valence-electron chi connectivity index (χ4n) is 3.37. The topological polar surface area (TPSA) is 77.0 Å². The number of halogens is 1. The van der Waals surface area contributed by atoms with E-state index in [1.54, 1.807) is 44.0 Å². The molecule has 30 heavy (non-hydrogen) atoms. The minimum atomic E-state index is -0.325. The van der Waals surface area contributed by atoms with Gasteiger partial charge in [-0.1, -0.05) is 11.6 Å². The molecule has 0 aliphatic heterocycles. The lowest BCUT2D eigenvalue weighted by atomic mass is 9.98. The molecule has 1 aromatic carbocycles. The molecule has 0 bridgehead atoms. The van der Waals surface area contributed by atoms with Crippen molar-refractivity contribution >= 4 is 22.8 Å². The normalized spacial score (nSPS) is 12.0. The van der Waals surface area contributed by atoms with Gasteiger partial charge in [-0.05, 0) is 48.9 Å². The van der Waals surface area contributed by atoms with Gasteiger partial charge in [0, 0.05) is 65.7 Å². The van der Waals surface area contributed by atoms with Gasteiger partial charge in [0.25, 0.3) is 0 Å². The van der Waals surface area contributed by atoms with E-state index in [1.165, 1.54) is 12.3 Å². The van der Waals surface area contributed by atoms with Gasteiger partial charge in [-0.2, -0.15) is 0 Å². The van der Waals surface area contributed by atoms with Crippen molar-refractivity contribution in [2.45, 2.75) is 6.92 Å². The Kier molecular flexibility index (Phi) is 5.30. The van der Waals surface area contributed by atoms with Crippen LogP contribution in [-0.2, 0) is 0 Å². The zero-order chi connectivity index (χ0) is 21.1. The lowest BCUT2D eigenvalue weighted by molar-refractivity contribution is 0.630. The van der Waals surface area contributed by atoms with E-state index in [1.807, 2.05) is 31.2 Å². The second kappa shape index (κ2) is 8.21. The third kappa shape index (κ3) is 3.67. The fraction of sp³-hybridized carbons (Fsp3) is 0.0833. The third-order valence-corrected chi connectivity index (χ3v) is 4.81. The van der Waals surface area contributed by atoms with E-state index in [0.29, 0.717) is 16.9 Å². The van der Waals surface area contributed by atoms with Gasteiger partial charge in [0.2, 0.25) is 0 Å². The highest BCUT2D eigenvalue weighted by molar-refractivity contribution is 6.10. The van der Waals surface area contributed by atoms with Gasteiger partial charge < -0.3 is 5.73 Å². The van der Waals surface area contributed by atoms with E-state index in [0.717, 1.165) is 33.2 Å². The van der Waals surface area contributed by atoms with Crippen molar-refractivity contribution in [1.82, 2.24) is 15.0 Å². The summed E-state index contributed by atoms with van der Waals surface area (Å²) in [5, 5.41) is 0.857. The Bertz CT molecular complexity index is 1290. The van der Waals surface area contributed by atoms with Crippen LogP contribution < -0.4 is 5.73 Å². The molecular weight excluding hydrogens is 377 g/mol. The average molecular weight is 397 g/mol. The SMILES string of the molecule is CN=CC(=CN)c1cncc(-c2cc(-c3cc(C)ccc3F)nc3ncccc23)c1. The van der Waals surface area contributed by atoms with Crippen LogP contribution in [0.1, 0.15) is 11.1 Å². The number of rotatable bonds is 4. The lowest BCUT2D eigenvalue weighted by Gasteiger charge is -2.12. The average Bonchev–Trinajstić information content (AvgIpc) is 2.78. The Hall–Kier alpha value is -3.93. The number of aromatic nitrogens is 3. The summed E-state index contributed by atoms with van der Waals surface area (Å²) in [6, 6.07) is 12.6. The molecule has 2 N–H and O–H groups in total. The number of nitrogens with two attached hydrogens (primary N) is 1. The summed E-state index contributed by atoms with van der Waals surface area (Å²) >= 11 is 0. The maximum atomic E-state index is 14.6. The quantitative estimate of drug-likeness (QED) is 0.502. The molecule has 4 rings (SSSR count). The summed E-state index contributed by atoms with van der Waals surface area (Å²) in [7, 11) is 1.69. The number of fused-ring (bicyclic) bond motifs is 1. The molecule has 148 valence electrons. The van der Waals surface area contributed by atoms with Crippen molar-refractivity contribution in [3.8, 4) is 22.4 Å². The van der Waals surface area contributed by atoms with E-state index >= 15 is 0 Å². The summed E-state index contributed by atoms with van der Waals surface area (Å²) in [5.74, 6) is -0.325. The number of pyridine rings is 3. The van der Waals surface area contributed by atoms with E-state index in [4.69, 9.17) is 5.73 Å². The van der Waals surface area contributed by atoms with Gasteiger partial charge in [0.15, 0.2) is 5.65 Å². The highest BCUT2D eigenvalue weighted by Gasteiger charge is 2.14. The fourth-order valence-corrected chi connectivity index (χ4v) is 3.37. The highest BCUT2D eigenvalue weighted by atomic mass is 19.1. The number of hydrogen-bond donors (Lipinski definition) is 1. The predicted octanol–water partition coefficient (Wildman–Crippen LogP) is 4.81. The molecule has 0 fully saturated rings. The first-order chi connectivity index (χ1) is 14.6. The van der Waals surface area contributed by atoms with Crippen LogP contribution in [0, 0.1) is 12.7 Å². The number of aliphatic imine (C=N–C) groups is 1. The van der Waals surface area contributed by atoms with Crippen LogP contribution in [0.25, 0.3) is 39.0 Å². The summed E-state index contributed by atoms with van der Waals surface area (Å²) < 4.78 is 14.6. The van der Waals surface area contributed by atoms with Gasteiger partial charge in [-0.25, -0.2) is 14.4 Å². The van der Waals surface area contributed by atoms with E-state index in [-0.39, 0.29) is 5.82 Å². The number of nitrogens with zero attached hydrogens (tertiary/aromatic N) is 4. The van der Waals surface area contributed by atoms with Crippen molar-refractivity contribution < 1.29 is 4.39 Å². The number of allylic oxidation sites excluding steroid dienone is 1. The minimum absolute atomic E-state index is 0.325. The van der Waals surface area contributed by atoms with Crippen LogP contribution in [0.3, 0.4) is 0 Å². The Balaban J connectivity index is 1.96. The maximum absolute atomic E-state index is 14.6. The van der Waals surface area contributed by atoms with Crippen LogP contribution in [-0.4, -0.2) is 28.2 Å². The number of aryl methyl sites for hydroxylation is 1. The second-order valence-electron chi connectivity index (χ2n) is 6.88. The molecule has 0 saturated heterocycles. The first kappa shape index (κ1) is 19.4. The van der Waals surface area contributed by atoms with E-state index in [2.05, 4.69) is 19.9 Å². The molecule has 0 radical (unpaired) electrons. The van der Waals surface area contributed by atoms with Crippen LogP contribution in [0.15, 0.2) is 72.2 Å². The lowest BCUT2D eigenvalue weighted by Crippen LogP contribution is -1.96. The smallest absolute Gasteiger partial charge is 0.160 e. The molecule has 0 spiro atoms. The summed E-state index contributed by atoms with van der Waals surface area (Å²) in [6.45, 7) is 1.92. The molecule has 0 aliphatic carbocycles. The van der Waals surface area contributed by atoms with E-state index < -0.39 is 0 Å². The minimum Gasteiger partial charge on any atom is -0.404 e. The highest BCUT2D eigenvalue weighted by Crippen LogP contribution is 2.33. The molecule has 0 saturated carbocycles. The Morgan fingerprint density at radius 2 is 1.97 bits per heavy atom. The molecular formula is C24H20FN5. The molecule has 0 atom stereocenters. The molecule has 6 heteroatoms. The van der Waals surface area contributed by atoms with Crippen molar-refractivity contribution in [3.05, 3.63) is 84.2 Å². The largest absolute Gasteiger partial charge is 0.404 e. The van der Waals surface area contributed by atoms with Crippen LogP contribution in [0.5, 0.6) is 0 Å². The van der Waals surface area contributed by atoms with Crippen molar-refractivity contribution in [3.63, 3.8) is 0 Å². The number of benzene rings is 1. The molecule has 0 unspecified atom stereocenters. The molecule has 5 nitrogen and oxygen atoms in total. The standard InChI is InChI=1S/C24H20FN5/c1-15-5-6-22(25)21(8-15)23-10-20(19-4-3-7-29-24(19)30-23)17-9-16(13-28-14-17)18(11-26)12-27-2/h3-14H,26H2,1-2H3. The summed E-state index contributed by atoms with van der Waals surface area (Å²) in [6.07, 6.45) is 8.34. The van der Waals surface area contributed by atoms with Crippen LogP contribution in [0.2, 0.25) is 0 Å². The predicted molar refractivity (Wildman–Crippen MR) is 119 cm³/mol. The molecule has 4 aromatic rings. The first-order valence-corrected chi connectivity index (χ1v) is 9.43. The summed E-state index contributed by atoms with van der Waals surface area (Å²) in [5.41, 5.74) is 11.5. The van der Waals surface area contributed by atoms with Gasteiger partial charge in [0.05, 0.1) is 5.69 Å². The zero-order valence-electron chi connectivity index (χ0n) is 16.7. The molecule has 0 amide bonds. The van der Waals surface area contributed by atoms with Crippen LogP contribution >= 0.6 is 0 Å². The molecule has 3 aromatic heterocycles. The Morgan fingerprint density at radius 1 is 1.10 bits per heavy atom. The van der Waals surface area contributed by atoms with Crippen molar-refractivity contribution in [2.75, 3.05) is 7.05 Å². The zero-order valence-corrected chi connectivity index (χ0v) is 16.7. The number of hydrogen-bond acceptors (Lipinski definition) is 5. The van der Waals surface area contributed by atoms with E-state index in [9.17, 15) is 4.39 Å². The second-order valence-corrected chi connectivity index (χ2v) is 6.88. The molecule has 0 aliphatic rings. The maximum Gasteiger partial charge on any atom is 0.160 e.